The molecule has 0 radical (unpaired) electrons. The Kier molecular flexibility index (Phi) is 4.93. The Labute approximate surface area is 152 Å². The predicted octanol–water partition coefficient (Wildman–Crippen LogP) is 2.65. The molecule has 0 aliphatic carbocycles. The number of hydrogen-bond donors (Lipinski definition) is 0. The van der Waals surface area contributed by atoms with Gasteiger partial charge in [0.15, 0.2) is 5.65 Å². The summed E-state index contributed by atoms with van der Waals surface area (Å²) in [6.45, 7) is 1.87. The standard InChI is InChI=1S/C20H22N4O2/c25-20(11-6-10-19-22-21-18-9-4-5-12-24(18)19)23-13-14-26-17(15-23)16-7-2-1-3-8-16/h1-5,7-9,12,17H,6,10-11,13-15H2/t17-/m1/s1. The van der Waals surface area contributed by atoms with Gasteiger partial charge in [-0.2, -0.15) is 0 Å². The number of amides is 1. The third-order valence-electron chi connectivity index (χ3n) is 4.77. The minimum atomic E-state index is -0.0330. The Bertz CT molecular complexity index is 878. The third-order valence-corrected chi connectivity index (χ3v) is 4.77. The predicted molar refractivity (Wildman–Crippen MR) is 97.6 cm³/mol. The van der Waals surface area contributed by atoms with Crippen molar-refractivity contribution in [3.05, 3.63) is 66.1 Å². The van der Waals surface area contributed by atoms with Gasteiger partial charge < -0.3 is 9.64 Å². The Balaban J connectivity index is 1.32. The van der Waals surface area contributed by atoms with Gasteiger partial charge in [0.2, 0.25) is 5.91 Å². The molecule has 1 atom stereocenters. The summed E-state index contributed by atoms with van der Waals surface area (Å²) in [5, 5.41) is 8.38. The second kappa shape index (κ2) is 7.66. The van der Waals surface area contributed by atoms with Crippen molar-refractivity contribution in [2.75, 3.05) is 19.7 Å². The topological polar surface area (TPSA) is 59.7 Å². The van der Waals surface area contributed by atoms with Crippen molar-refractivity contribution in [3.63, 3.8) is 0 Å². The van der Waals surface area contributed by atoms with Crippen molar-refractivity contribution in [2.24, 2.45) is 0 Å². The van der Waals surface area contributed by atoms with E-state index in [4.69, 9.17) is 4.74 Å². The van der Waals surface area contributed by atoms with Crippen LogP contribution in [0.2, 0.25) is 0 Å². The molecule has 3 heterocycles. The molecular formula is C20H22N4O2. The number of aryl methyl sites for hydroxylation is 1. The van der Waals surface area contributed by atoms with E-state index in [1.54, 1.807) is 0 Å². The first-order valence-electron chi connectivity index (χ1n) is 9.04. The van der Waals surface area contributed by atoms with Crippen LogP contribution in [0.3, 0.4) is 0 Å². The first-order valence-corrected chi connectivity index (χ1v) is 9.04. The van der Waals surface area contributed by atoms with Gasteiger partial charge in [0.1, 0.15) is 11.9 Å². The Morgan fingerprint density at radius 3 is 2.85 bits per heavy atom. The van der Waals surface area contributed by atoms with Gasteiger partial charge in [-0.15, -0.1) is 10.2 Å². The normalized spacial score (nSPS) is 17.5. The summed E-state index contributed by atoms with van der Waals surface area (Å²) in [7, 11) is 0. The molecule has 6 nitrogen and oxygen atoms in total. The van der Waals surface area contributed by atoms with Crippen molar-refractivity contribution in [2.45, 2.75) is 25.4 Å². The monoisotopic (exact) mass is 350 g/mol. The zero-order valence-corrected chi connectivity index (χ0v) is 14.6. The minimum Gasteiger partial charge on any atom is -0.370 e. The molecular weight excluding hydrogens is 328 g/mol. The smallest absolute Gasteiger partial charge is 0.222 e. The molecule has 3 aromatic rings. The van der Waals surface area contributed by atoms with Gasteiger partial charge in [-0.1, -0.05) is 36.4 Å². The SMILES string of the molecule is O=C(CCCc1nnc2ccccn12)N1CCO[C@@H](c2ccccc2)C1. The van der Waals surface area contributed by atoms with E-state index in [1.165, 1.54) is 0 Å². The molecule has 0 spiro atoms. The number of hydrogen-bond acceptors (Lipinski definition) is 4. The quantitative estimate of drug-likeness (QED) is 0.710. The third kappa shape index (κ3) is 3.60. The zero-order chi connectivity index (χ0) is 17.8. The van der Waals surface area contributed by atoms with Crippen molar-refractivity contribution in [1.29, 1.82) is 0 Å². The number of aromatic nitrogens is 3. The molecule has 6 heteroatoms. The number of carbonyl (C=O) groups excluding carboxylic acids is 1. The molecule has 0 unspecified atom stereocenters. The Hall–Kier alpha value is -2.73. The fourth-order valence-electron chi connectivity index (χ4n) is 3.36. The van der Waals surface area contributed by atoms with Crippen LogP contribution in [-0.2, 0) is 16.0 Å². The second-order valence-electron chi connectivity index (χ2n) is 6.51. The van der Waals surface area contributed by atoms with Gasteiger partial charge in [-0.3, -0.25) is 9.20 Å². The highest BCUT2D eigenvalue weighted by Crippen LogP contribution is 2.22. The van der Waals surface area contributed by atoms with Crippen LogP contribution in [0.1, 0.15) is 30.3 Å². The van der Waals surface area contributed by atoms with Crippen LogP contribution in [0, 0.1) is 0 Å². The maximum atomic E-state index is 12.6. The molecule has 1 amide bonds. The second-order valence-corrected chi connectivity index (χ2v) is 6.51. The molecule has 1 aliphatic heterocycles. The van der Waals surface area contributed by atoms with Gasteiger partial charge >= 0.3 is 0 Å². The molecule has 2 aromatic heterocycles. The summed E-state index contributed by atoms with van der Waals surface area (Å²) in [5.74, 6) is 1.08. The minimum absolute atomic E-state index is 0.0330. The van der Waals surface area contributed by atoms with Crippen LogP contribution in [0.15, 0.2) is 54.7 Å². The van der Waals surface area contributed by atoms with E-state index in [0.29, 0.717) is 26.1 Å². The highest BCUT2D eigenvalue weighted by atomic mass is 16.5. The Morgan fingerprint density at radius 1 is 1.12 bits per heavy atom. The average Bonchev–Trinajstić information content (AvgIpc) is 3.12. The molecule has 0 saturated carbocycles. The molecule has 0 bridgehead atoms. The van der Waals surface area contributed by atoms with E-state index in [2.05, 4.69) is 22.3 Å². The fourth-order valence-corrected chi connectivity index (χ4v) is 3.36. The number of rotatable bonds is 5. The molecule has 1 saturated heterocycles. The van der Waals surface area contributed by atoms with Gasteiger partial charge in [0.25, 0.3) is 0 Å². The van der Waals surface area contributed by atoms with E-state index >= 15 is 0 Å². The van der Waals surface area contributed by atoms with Crippen molar-refractivity contribution in [3.8, 4) is 0 Å². The summed E-state index contributed by atoms with van der Waals surface area (Å²) in [6.07, 6.45) is 3.95. The molecule has 4 rings (SSSR count). The lowest BCUT2D eigenvalue weighted by Crippen LogP contribution is -2.42. The van der Waals surface area contributed by atoms with Crippen LogP contribution in [-0.4, -0.2) is 45.1 Å². The number of fused-ring (bicyclic) bond motifs is 1. The highest BCUT2D eigenvalue weighted by Gasteiger charge is 2.25. The number of carbonyl (C=O) groups is 1. The van der Waals surface area contributed by atoms with E-state index in [-0.39, 0.29) is 12.0 Å². The maximum absolute atomic E-state index is 12.6. The number of benzene rings is 1. The van der Waals surface area contributed by atoms with Crippen LogP contribution in [0.25, 0.3) is 5.65 Å². The zero-order valence-electron chi connectivity index (χ0n) is 14.6. The molecule has 1 aliphatic rings. The van der Waals surface area contributed by atoms with Crippen LogP contribution in [0.5, 0.6) is 0 Å². The maximum Gasteiger partial charge on any atom is 0.222 e. The van der Waals surface area contributed by atoms with Crippen LogP contribution in [0.4, 0.5) is 0 Å². The number of pyridine rings is 1. The van der Waals surface area contributed by atoms with Gasteiger partial charge in [0.05, 0.1) is 13.2 Å². The van der Waals surface area contributed by atoms with Crippen molar-refractivity contribution in [1.82, 2.24) is 19.5 Å². The summed E-state index contributed by atoms with van der Waals surface area (Å²) in [4.78, 5) is 14.5. The average molecular weight is 350 g/mol. The van der Waals surface area contributed by atoms with Gasteiger partial charge in [-0.25, -0.2) is 0 Å². The van der Waals surface area contributed by atoms with Crippen molar-refractivity contribution < 1.29 is 9.53 Å². The molecule has 1 aromatic carbocycles. The lowest BCUT2D eigenvalue weighted by molar-refractivity contribution is -0.139. The van der Waals surface area contributed by atoms with Crippen LogP contribution < -0.4 is 0 Å². The van der Waals surface area contributed by atoms with Crippen molar-refractivity contribution >= 4 is 11.6 Å². The first-order chi connectivity index (χ1) is 12.8. The van der Waals surface area contributed by atoms with Crippen LogP contribution >= 0.6 is 0 Å². The summed E-state index contributed by atoms with van der Waals surface area (Å²) in [5.41, 5.74) is 1.97. The number of ether oxygens (including phenoxy) is 1. The largest absolute Gasteiger partial charge is 0.370 e. The molecule has 134 valence electrons. The summed E-state index contributed by atoms with van der Waals surface area (Å²) in [6, 6.07) is 15.9. The lowest BCUT2D eigenvalue weighted by Gasteiger charge is -2.33. The number of morpholine rings is 1. The van der Waals surface area contributed by atoms with E-state index in [9.17, 15) is 4.79 Å². The number of nitrogens with zero attached hydrogens (tertiary/aromatic N) is 4. The lowest BCUT2D eigenvalue weighted by atomic mass is 10.1. The highest BCUT2D eigenvalue weighted by molar-refractivity contribution is 5.76. The Morgan fingerprint density at radius 2 is 1.96 bits per heavy atom. The fraction of sp³-hybridized carbons (Fsp3) is 0.350. The summed E-state index contributed by atoms with van der Waals surface area (Å²) >= 11 is 0. The summed E-state index contributed by atoms with van der Waals surface area (Å²) < 4.78 is 7.82. The van der Waals surface area contributed by atoms with E-state index < -0.39 is 0 Å². The first kappa shape index (κ1) is 16.7. The molecule has 0 N–H and O–H groups in total. The van der Waals surface area contributed by atoms with E-state index in [0.717, 1.165) is 29.9 Å². The van der Waals surface area contributed by atoms with Gasteiger partial charge in [-0.05, 0) is 24.1 Å². The van der Waals surface area contributed by atoms with Gasteiger partial charge in [0, 0.05) is 25.6 Å². The van der Waals surface area contributed by atoms with E-state index in [1.807, 2.05) is 51.9 Å². The molecule has 26 heavy (non-hydrogen) atoms. The molecule has 1 fully saturated rings.